The first-order valence-electron chi connectivity index (χ1n) is 1.37. The SMILES string of the molecule is C[B]PC. The van der Waals surface area contributed by atoms with E-state index in [-0.39, 0.29) is 0 Å². The zero-order valence-corrected chi connectivity index (χ0v) is 4.08. The first-order valence-corrected chi connectivity index (χ1v) is 2.94. The van der Waals surface area contributed by atoms with E-state index in [4.69, 9.17) is 0 Å². The lowest BCUT2D eigenvalue weighted by molar-refractivity contribution is 2.35. The summed E-state index contributed by atoms with van der Waals surface area (Å²) in [5.41, 5.74) is 0. The Morgan fingerprint density at radius 2 is 2.00 bits per heavy atom. The highest BCUT2D eigenvalue weighted by Gasteiger charge is 1.60. The summed E-state index contributed by atoms with van der Waals surface area (Å²) in [6.07, 6.45) is 0. The minimum absolute atomic E-state index is 1.02. The summed E-state index contributed by atoms with van der Waals surface area (Å²) >= 11 is 0. The van der Waals surface area contributed by atoms with Gasteiger partial charge in [-0.3, -0.25) is 0 Å². The summed E-state index contributed by atoms with van der Waals surface area (Å²) in [6.45, 7) is 6.37. The van der Waals surface area contributed by atoms with Gasteiger partial charge in [-0.15, -0.1) is 0 Å². The number of hydrogen-bond donors (Lipinski definition) is 0. The lowest BCUT2D eigenvalue weighted by Crippen LogP contribution is -1.55. The Hall–Kier alpha value is 0.495. The number of hydrogen-bond acceptors (Lipinski definition) is 0. The van der Waals surface area contributed by atoms with Crippen LogP contribution in [-0.2, 0) is 0 Å². The molecule has 0 aromatic heterocycles. The van der Waals surface area contributed by atoms with Crippen molar-refractivity contribution in [3.8, 4) is 0 Å². The van der Waals surface area contributed by atoms with Crippen LogP contribution in [0, 0.1) is 0 Å². The Balaban J connectivity index is 1.97. The van der Waals surface area contributed by atoms with E-state index in [1.54, 1.807) is 0 Å². The van der Waals surface area contributed by atoms with Crippen LogP contribution < -0.4 is 0 Å². The molecule has 0 fully saturated rings. The van der Waals surface area contributed by atoms with Gasteiger partial charge >= 0.3 is 0 Å². The molecule has 0 heterocycles. The fourth-order valence-electron chi connectivity index (χ4n) is 0. The molecule has 0 saturated heterocycles. The van der Waals surface area contributed by atoms with Crippen molar-refractivity contribution in [2.45, 2.75) is 6.82 Å². The highest BCUT2D eigenvalue weighted by molar-refractivity contribution is 7.70. The second-order valence-corrected chi connectivity index (χ2v) is 1.73. The molecule has 1 atom stereocenters. The van der Waals surface area contributed by atoms with Gasteiger partial charge in [-0.05, 0) is 0 Å². The molecule has 0 aliphatic heterocycles. The molecule has 0 rings (SSSR count). The quantitative estimate of drug-likeness (QED) is 0.320. The molecule has 0 saturated carbocycles. The van der Waals surface area contributed by atoms with Crippen LogP contribution in [-0.4, -0.2) is 13.7 Å². The van der Waals surface area contributed by atoms with Crippen LogP contribution in [0.25, 0.3) is 0 Å². The van der Waals surface area contributed by atoms with Crippen molar-refractivity contribution in [1.29, 1.82) is 0 Å². The minimum atomic E-state index is 1.02. The second-order valence-electron chi connectivity index (χ2n) is 0.577. The van der Waals surface area contributed by atoms with E-state index in [1.807, 2.05) is 0 Å². The summed E-state index contributed by atoms with van der Waals surface area (Å²) in [7, 11) is 1.02. The van der Waals surface area contributed by atoms with E-state index in [2.05, 4.69) is 20.5 Å². The maximum absolute atomic E-state index is 2.15. The van der Waals surface area contributed by atoms with E-state index in [9.17, 15) is 0 Å². The fourth-order valence-corrected chi connectivity index (χ4v) is 0. The van der Waals surface area contributed by atoms with Crippen LogP contribution in [0.15, 0.2) is 0 Å². The van der Waals surface area contributed by atoms with Crippen molar-refractivity contribution in [3.63, 3.8) is 0 Å². The Kier molecular flexibility index (Phi) is 3.93. The zero-order chi connectivity index (χ0) is 3.41. The monoisotopic (exact) mass is 73.0 g/mol. The fraction of sp³-hybridized carbons (Fsp3) is 1.00. The average molecular weight is 72.9 g/mol. The third kappa shape index (κ3) is 2.49. The maximum Gasteiger partial charge on any atom is 0.138 e. The second kappa shape index (κ2) is 3.49. The first-order chi connectivity index (χ1) is 1.91. The molecular weight excluding hydrogens is 65.8 g/mol. The van der Waals surface area contributed by atoms with Gasteiger partial charge in [0.1, 0.15) is 7.00 Å². The molecule has 0 spiro atoms. The maximum atomic E-state index is 2.15. The molecule has 0 aliphatic rings. The molecule has 0 amide bonds. The van der Waals surface area contributed by atoms with Crippen LogP contribution in [0.2, 0.25) is 6.82 Å². The van der Waals surface area contributed by atoms with Gasteiger partial charge in [0.2, 0.25) is 0 Å². The predicted octanol–water partition coefficient (Wildman–Crippen LogP) is 0.962. The normalized spacial score (nSPS) is 9.50. The highest BCUT2D eigenvalue weighted by atomic mass is 31.1. The van der Waals surface area contributed by atoms with Crippen molar-refractivity contribution < 1.29 is 0 Å². The molecule has 1 unspecified atom stereocenters. The van der Waals surface area contributed by atoms with Gasteiger partial charge in [0.15, 0.2) is 0 Å². The first kappa shape index (κ1) is 4.49. The van der Waals surface area contributed by atoms with E-state index in [1.165, 1.54) is 0 Å². The standard InChI is InChI=1S/C2H7BP/c1-3-4-2/h4H,1-2H3. The summed E-state index contributed by atoms with van der Waals surface area (Å²) in [4.78, 5) is 0. The Bertz CT molecular complexity index is 8.00. The van der Waals surface area contributed by atoms with E-state index >= 15 is 0 Å². The van der Waals surface area contributed by atoms with Crippen molar-refractivity contribution >= 4 is 15.5 Å². The molecule has 0 aromatic rings. The molecule has 0 nitrogen and oxygen atoms in total. The van der Waals surface area contributed by atoms with Crippen molar-refractivity contribution in [2.24, 2.45) is 0 Å². The lowest BCUT2D eigenvalue weighted by Gasteiger charge is -1.66. The van der Waals surface area contributed by atoms with Crippen molar-refractivity contribution in [3.05, 3.63) is 0 Å². The van der Waals surface area contributed by atoms with Gasteiger partial charge in [0.25, 0.3) is 0 Å². The molecular formula is C2H7BP. The third-order valence-corrected chi connectivity index (χ3v) is 0.866. The summed E-state index contributed by atoms with van der Waals surface area (Å²) < 4.78 is 0. The van der Waals surface area contributed by atoms with E-state index in [0.29, 0.717) is 0 Å². The zero-order valence-electron chi connectivity index (χ0n) is 3.08. The summed E-state index contributed by atoms with van der Waals surface area (Å²) in [6, 6.07) is 0. The van der Waals surface area contributed by atoms with Gasteiger partial charge in [-0.1, -0.05) is 13.5 Å². The molecule has 1 radical (unpaired) electrons. The molecule has 4 heavy (non-hydrogen) atoms. The molecule has 0 N–H and O–H groups in total. The van der Waals surface area contributed by atoms with Crippen LogP contribution in [0.5, 0.6) is 0 Å². The topological polar surface area (TPSA) is 0 Å². The smallest absolute Gasteiger partial charge is 0.138 e. The predicted molar refractivity (Wildman–Crippen MR) is 25.9 cm³/mol. The Morgan fingerprint density at radius 1 is 1.75 bits per heavy atom. The molecule has 0 bridgehead atoms. The van der Waals surface area contributed by atoms with Crippen molar-refractivity contribution in [1.82, 2.24) is 0 Å². The third-order valence-electron chi connectivity index (χ3n) is 0.289. The van der Waals surface area contributed by atoms with Crippen LogP contribution in [0.4, 0.5) is 0 Å². The van der Waals surface area contributed by atoms with Gasteiger partial charge in [-0.2, -0.15) is 8.46 Å². The molecule has 0 aliphatic carbocycles. The van der Waals surface area contributed by atoms with Gasteiger partial charge in [0.05, 0.1) is 0 Å². The van der Waals surface area contributed by atoms with Crippen LogP contribution >= 0.6 is 8.46 Å². The van der Waals surface area contributed by atoms with E-state index in [0.717, 1.165) is 8.46 Å². The van der Waals surface area contributed by atoms with Gasteiger partial charge in [-0.25, -0.2) is 0 Å². The van der Waals surface area contributed by atoms with Crippen LogP contribution in [0.3, 0.4) is 0 Å². The minimum Gasteiger partial charge on any atom is -0.166 e. The average Bonchev–Trinajstić information content (AvgIpc) is 1.37. The molecule has 2 heteroatoms. The number of rotatable bonds is 1. The Morgan fingerprint density at radius 3 is 2.00 bits per heavy atom. The molecule has 0 aromatic carbocycles. The summed E-state index contributed by atoms with van der Waals surface area (Å²) in [5.74, 6) is 0. The Labute approximate surface area is 30.0 Å². The van der Waals surface area contributed by atoms with Crippen LogP contribution in [0.1, 0.15) is 0 Å². The van der Waals surface area contributed by atoms with Gasteiger partial charge < -0.3 is 0 Å². The summed E-state index contributed by atoms with van der Waals surface area (Å²) in [5, 5.41) is 0. The molecule has 23 valence electrons. The van der Waals surface area contributed by atoms with Gasteiger partial charge in [0, 0.05) is 0 Å². The van der Waals surface area contributed by atoms with E-state index < -0.39 is 0 Å². The lowest BCUT2D eigenvalue weighted by atomic mass is 10.2. The largest absolute Gasteiger partial charge is 0.166 e. The van der Waals surface area contributed by atoms with Crippen molar-refractivity contribution in [2.75, 3.05) is 6.66 Å². The highest BCUT2D eigenvalue weighted by Crippen LogP contribution is 1.92.